The summed E-state index contributed by atoms with van der Waals surface area (Å²) in [5.41, 5.74) is 0. The Hall–Kier alpha value is -0.710. The second-order valence-corrected chi connectivity index (χ2v) is 7.60. The Balaban J connectivity index is 2.12. The quantitative estimate of drug-likeness (QED) is 0.867. The molecule has 5 heteroatoms. The molecule has 0 bridgehead atoms. The van der Waals surface area contributed by atoms with E-state index in [1.165, 1.54) is 0 Å². The Morgan fingerprint density at radius 3 is 2.43 bits per heavy atom. The lowest BCUT2D eigenvalue weighted by atomic mass is 9.88. The van der Waals surface area contributed by atoms with E-state index in [0.29, 0.717) is 0 Å². The van der Waals surface area contributed by atoms with Gasteiger partial charge < -0.3 is 10.2 Å². The van der Waals surface area contributed by atoms with Crippen molar-refractivity contribution in [2.24, 2.45) is 5.92 Å². The monoisotopic (exact) mass is 312 g/mol. The highest BCUT2D eigenvalue weighted by atomic mass is 32.2. The average Bonchev–Trinajstić information content (AvgIpc) is 2.51. The summed E-state index contributed by atoms with van der Waals surface area (Å²) in [7, 11) is 0. The number of carbonyl (C=O) groups excluding carboxylic acids is 2. The lowest BCUT2D eigenvalue weighted by Gasteiger charge is -2.45. The molecule has 0 radical (unpaired) electrons. The summed E-state index contributed by atoms with van der Waals surface area (Å²) >= 11 is 1.92. The van der Waals surface area contributed by atoms with E-state index >= 15 is 0 Å². The molecule has 0 aromatic carbocycles. The summed E-state index contributed by atoms with van der Waals surface area (Å²) in [6.07, 6.45) is 7.42. The van der Waals surface area contributed by atoms with E-state index in [-0.39, 0.29) is 35.9 Å². The summed E-state index contributed by atoms with van der Waals surface area (Å²) in [6.45, 7) is 5.97. The summed E-state index contributed by atoms with van der Waals surface area (Å²) in [5.74, 6) is 0.329. The third-order valence-electron chi connectivity index (χ3n) is 5.20. The molecule has 2 fully saturated rings. The first-order chi connectivity index (χ1) is 9.99. The van der Waals surface area contributed by atoms with E-state index in [0.717, 1.165) is 37.4 Å². The summed E-state index contributed by atoms with van der Waals surface area (Å²) in [5, 5.41) is 3.64. The van der Waals surface area contributed by atoms with E-state index in [1.54, 1.807) is 0 Å². The molecular weight excluding hydrogens is 284 g/mol. The van der Waals surface area contributed by atoms with Gasteiger partial charge in [-0.05, 0) is 44.8 Å². The molecule has 120 valence electrons. The second kappa shape index (κ2) is 7.03. The minimum absolute atomic E-state index is 0.00638. The Morgan fingerprint density at radius 2 is 1.90 bits per heavy atom. The molecule has 2 rings (SSSR count). The number of hydrogen-bond acceptors (Lipinski definition) is 3. The van der Waals surface area contributed by atoms with Crippen LogP contribution < -0.4 is 5.32 Å². The minimum atomic E-state index is -0.336. The van der Waals surface area contributed by atoms with Crippen LogP contribution in [0.25, 0.3) is 0 Å². The Kier molecular flexibility index (Phi) is 5.58. The summed E-state index contributed by atoms with van der Waals surface area (Å²) in [4.78, 5) is 27.0. The SMILES string of the molecule is CCC(C)C1NC(=O)C(C)N(C2CCC(SC)CC2)C1=O. The lowest BCUT2D eigenvalue weighted by Crippen LogP contribution is -2.66. The number of hydrogen-bond donors (Lipinski definition) is 1. The third-order valence-corrected chi connectivity index (χ3v) is 6.34. The number of thioether (sulfide) groups is 1. The van der Waals surface area contributed by atoms with Crippen LogP contribution in [0.4, 0.5) is 0 Å². The smallest absolute Gasteiger partial charge is 0.246 e. The molecule has 1 saturated carbocycles. The molecule has 0 aromatic rings. The van der Waals surface area contributed by atoms with Crippen LogP contribution in [0.15, 0.2) is 0 Å². The highest BCUT2D eigenvalue weighted by molar-refractivity contribution is 7.99. The first kappa shape index (κ1) is 16.7. The van der Waals surface area contributed by atoms with Gasteiger partial charge in [-0.15, -0.1) is 0 Å². The Bertz CT molecular complexity index is 394. The molecule has 1 N–H and O–H groups in total. The molecule has 2 aliphatic rings. The van der Waals surface area contributed by atoms with Crippen LogP contribution in [0, 0.1) is 5.92 Å². The van der Waals surface area contributed by atoms with Gasteiger partial charge in [-0.3, -0.25) is 9.59 Å². The van der Waals surface area contributed by atoms with Crippen LogP contribution in [0.1, 0.15) is 52.9 Å². The van der Waals surface area contributed by atoms with Gasteiger partial charge in [-0.2, -0.15) is 11.8 Å². The van der Waals surface area contributed by atoms with E-state index in [2.05, 4.69) is 18.5 Å². The van der Waals surface area contributed by atoms with Gasteiger partial charge in [0.05, 0.1) is 0 Å². The maximum absolute atomic E-state index is 12.8. The van der Waals surface area contributed by atoms with Crippen LogP contribution in [0.5, 0.6) is 0 Å². The predicted octanol–water partition coefficient (Wildman–Crippen LogP) is 2.42. The molecule has 1 aliphatic heterocycles. The van der Waals surface area contributed by atoms with Crippen LogP contribution >= 0.6 is 11.8 Å². The van der Waals surface area contributed by atoms with E-state index in [4.69, 9.17) is 0 Å². The van der Waals surface area contributed by atoms with Crippen LogP contribution in [-0.2, 0) is 9.59 Å². The highest BCUT2D eigenvalue weighted by Gasteiger charge is 2.43. The van der Waals surface area contributed by atoms with Crippen molar-refractivity contribution in [2.45, 2.75) is 76.3 Å². The number of nitrogens with one attached hydrogen (secondary N) is 1. The molecule has 2 amide bonds. The topological polar surface area (TPSA) is 49.4 Å². The molecule has 1 aliphatic carbocycles. The molecule has 3 unspecified atom stereocenters. The van der Waals surface area contributed by atoms with Crippen molar-refractivity contribution in [1.82, 2.24) is 10.2 Å². The van der Waals surface area contributed by atoms with Gasteiger partial charge in [-0.25, -0.2) is 0 Å². The molecular formula is C16H28N2O2S. The Morgan fingerprint density at radius 1 is 1.29 bits per heavy atom. The molecule has 0 aromatic heterocycles. The molecule has 21 heavy (non-hydrogen) atoms. The zero-order valence-corrected chi connectivity index (χ0v) is 14.4. The normalized spacial score (nSPS) is 35.5. The van der Waals surface area contributed by atoms with Crippen molar-refractivity contribution in [3.63, 3.8) is 0 Å². The van der Waals surface area contributed by atoms with Crippen LogP contribution in [0.3, 0.4) is 0 Å². The zero-order chi connectivity index (χ0) is 15.6. The predicted molar refractivity (Wildman–Crippen MR) is 87.3 cm³/mol. The maximum Gasteiger partial charge on any atom is 0.246 e. The van der Waals surface area contributed by atoms with Gasteiger partial charge in [0.2, 0.25) is 11.8 Å². The number of carbonyl (C=O) groups is 2. The standard InChI is InChI=1S/C16H28N2O2S/c1-5-10(2)14-16(20)18(11(3)15(19)17-14)12-6-8-13(21-4)9-7-12/h10-14H,5-9H2,1-4H3,(H,17,19). The van der Waals surface area contributed by atoms with Gasteiger partial charge in [0.25, 0.3) is 0 Å². The molecule has 1 saturated heterocycles. The van der Waals surface area contributed by atoms with Crippen molar-refractivity contribution in [3.8, 4) is 0 Å². The molecule has 3 atom stereocenters. The second-order valence-electron chi connectivity index (χ2n) is 6.46. The van der Waals surface area contributed by atoms with Gasteiger partial charge in [0, 0.05) is 11.3 Å². The van der Waals surface area contributed by atoms with Crippen molar-refractivity contribution in [1.29, 1.82) is 0 Å². The fourth-order valence-corrected chi connectivity index (χ4v) is 4.23. The first-order valence-electron chi connectivity index (χ1n) is 8.14. The average molecular weight is 312 g/mol. The van der Waals surface area contributed by atoms with E-state index < -0.39 is 0 Å². The fraction of sp³-hybridized carbons (Fsp3) is 0.875. The number of piperazine rings is 1. The number of amides is 2. The first-order valence-corrected chi connectivity index (χ1v) is 9.43. The third kappa shape index (κ3) is 3.38. The largest absolute Gasteiger partial charge is 0.342 e. The van der Waals surface area contributed by atoms with Gasteiger partial charge >= 0.3 is 0 Å². The van der Waals surface area contributed by atoms with Crippen LogP contribution in [0.2, 0.25) is 0 Å². The lowest BCUT2D eigenvalue weighted by molar-refractivity contribution is -0.153. The minimum Gasteiger partial charge on any atom is -0.342 e. The van der Waals surface area contributed by atoms with Crippen molar-refractivity contribution >= 4 is 23.6 Å². The number of rotatable bonds is 4. The van der Waals surface area contributed by atoms with Gasteiger partial charge in [-0.1, -0.05) is 20.3 Å². The molecule has 4 nitrogen and oxygen atoms in total. The highest BCUT2D eigenvalue weighted by Crippen LogP contribution is 2.32. The zero-order valence-electron chi connectivity index (χ0n) is 13.6. The Labute approximate surface area is 132 Å². The van der Waals surface area contributed by atoms with E-state index in [9.17, 15) is 9.59 Å². The van der Waals surface area contributed by atoms with Crippen LogP contribution in [-0.4, -0.2) is 46.3 Å². The maximum atomic E-state index is 12.8. The number of nitrogens with zero attached hydrogens (tertiary/aromatic N) is 1. The molecule has 1 heterocycles. The van der Waals surface area contributed by atoms with Crippen molar-refractivity contribution in [3.05, 3.63) is 0 Å². The summed E-state index contributed by atoms with van der Waals surface area (Å²) in [6, 6.07) is -0.417. The van der Waals surface area contributed by atoms with E-state index in [1.807, 2.05) is 30.5 Å². The van der Waals surface area contributed by atoms with Gasteiger partial charge in [0.1, 0.15) is 12.1 Å². The van der Waals surface area contributed by atoms with Crippen molar-refractivity contribution in [2.75, 3.05) is 6.26 Å². The van der Waals surface area contributed by atoms with Gasteiger partial charge in [0.15, 0.2) is 0 Å². The fourth-order valence-electron chi connectivity index (χ4n) is 3.49. The molecule has 0 spiro atoms. The summed E-state index contributed by atoms with van der Waals surface area (Å²) < 4.78 is 0. The van der Waals surface area contributed by atoms with Crippen molar-refractivity contribution < 1.29 is 9.59 Å².